The van der Waals surface area contributed by atoms with Crippen LogP contribution in [0.5, 0.6) is 5.75 Å². The summed E-state index contributed by atoms with van der Waals surface area (Å²) in [5.74, 6) is 0.367. The van der Waals surface area contributed by atoms with Crippen LogP contribution in [-0.4, -0.2) is 26.6 Å². The molecule has 6 nitrogen and oxygen atoms in total. The molecular weight excluding hydrogens is 286 g/mol. The Morgan fingerprint density at radius 2 is 2.16 bits per heavy atom. The number of hydrogen-bond donors (Lipinski definition) is 3. The van der Waals surface area contributed by atoms with Gasteiger partial charge in [0.25, 0.3) is 10.2 Å². The van der Waals surface area contributed by atoms with Gasteiger partial charge in [-0.3, -0.25) is 4.72 Å². The van der Waals surface area contributed by atoms with E-state index in [1.807, 2.05) is 0 Å². The van der Waals surface area contributed by atoms with Gasteiger partial charge in [-0.2, -0.15) is 13.1 Å². The van der Waals surface area contributed by atoms with Crippen LogP contribution >= 0.6 is 12.2 Å². The third-order valence-electron chi connectivity index (χ3n) is 2.63. The van der Waals surface area contributed by atoms with Crippen LogP contribution < -0.4 is 19.9 Å². The first kappa shape index (κ1) is 14.0. The average Bonchev–Trinajstić information content (AvgIpc) is 3.11. The van der Waals surface area contributed by atoms with E-state index in [0.717, 1.165) is 12.8 Å². The van der Waals surface area contributed by atoms with Crippen molar-refractivity contribution in [2.24, 2.45) is 5.73 Å². The fraction of sp³-hybridized carbons (Fsp3) is 0.364. The van der Waals surface area contributed by atoms with E-state index in [4.69, 9.17) is 22.7 Å². The predicted molar refractivity (Wildman–Crippen MR) is 77.6 cm³/mol. The van der Waals surface area contributed by atoms with Crippen LogP contribution in [0.25, 0.3) is 0 Å². The smallest absolute Gasteiger partial charge is 0.299 e. The molecule has 0 amide bonds. The molecule has 0 unspecified atom stereocenters. The Morgan fingerprint density at radius 3 is 2.68 bits per heavy atom. The van der Waals surface area contributed by atoms with Crippen molar-refractivity contribution in [3.63, 3.8) is 0 Å². The normalized spacial score (nSPS) is 15.0. The number of nitrogens with two attached hydrogens (primary N) is 1. The topological polar surface area (TPSA) is 93.4 Å². The van der Waals surface area contributed by atoms with E-state index < -0.39 is 10.2 Å². The summed E-state index contributed by atoms with van der Waals surface area (Å²) in [4.78, 5) is 0.226. The fourth-order valence-corrected chi connectivity index (χ4v) is 2.84. The van der Waals surface area contributed by atoms with Gasteiger partial charge in [-0.05, 0) is 31.0 Å². The van der Waals surface area contributed by atoms with Gasteiger partial charge in [0.05, 0.1) is 12.8 Å². The quantitative estimate of drug-likeness (QED) is 0.674. The maximum Gasteiger partial charge on any atom is 0.299 e. The highest BCUT2D eigenvalue weighted by atomic mass is 32.2. The lowest BCUT2D eigenvalue weighted by Gasteiger charge is -2.13. The Kier molecular flexibility index (Phi) is 3.93. The lowest BCUT2D eigenvalue weighted by Crippen LogP contribution is -2.31. The standard InChI is InChI=1S/C11H15N3O3S2/c1-17-10-6-7(11(12)18)2-5-9(10)14-19(15,16)13-8-3-4-8/h2,5-6,8,13-14H,3-4H2,1H3,(H2,12,18). The van der Waals surface area contributed by atoms with Crippen LogP contribution in [0.15, 0.2) is 18.2 Å². The molecule has 104 valence electrons. The Hall–Kier alpha value is -1.38. The van der Waals surface area contributed by atoms with Gasteiger partial charge in [-0.15, -0.1) is 0 Å². The summed E-state index contributed by atoms with van der Waals surface area (Å²) < 4.78 is 33.7. The highest BCUT2D eigenvalue weighted by Gasteiger charge is 2.27. The maximum atomic E-state index is 11.8. The largest absolute Gasteiger partial charge is 0.495 e. The van der Waals surface area contributed by atoms with E-state index in [1.165, 1.54) is 7.11 Å². The van der Waals surface area contributed by atoms with Crippen molar-refractivity contribution in [1.29, 1.82) is 0 Å². The van der Waals surface area contributed by atoms with Crippen molar-refractivity contribution in [2.75, 3.05) is 11.8 Å². The monoisotopic (exact) mass is 301 g/mol. The second kappa shape index (κ2) is 5.32. The van der Waals surface area contributed by atoms with Crippen LogP contribution in [0.4, 0.5) is 5.69 Å². The first-order valence-electron chi connectivity index (χ1n) is 5.69. The first-order chi connectivity index (χ1) is 8.91. The van der Waals surface area contributed by atoms with Crippen molar-refractivity contribution in [3.05, 3.63) is 23.8 Å². The Balaban J connectivity index is 2.21. The molecule has 0 atom stereocenters. The van der Waals surface area contributed by atoms with Gasteiger partial charge in [-0.1, -0.05) is 12.2 Å². The highest BCUT2D eigenvalue weighted by molar-refractivity contribution is 7.90. The van der Waals surface area contributed by atoms with E-state index in [2.05, 4.69) is 9.44 Å². The van der Waals surface area contributed by atoms with Crippen molar-refractivity contribution < 1.29 is 13.2 Å². The Morgan fingerprint density at radius 1 is 1.47 bits per heavy atom. The molecule has 0 saturated heterocycles. The zero-order chi connectivity index (χ0) is 14.0. The van der Waals surface area contributed by atoms with Gasteiger partial charge >= 0.3 is 0 Å². The molecule has 1 fully saturated rings. The summed E-state index contributed by atoms with van der Waals surface area (Å²) in [5, 5.41) is 0. The van der Waals surface area contributed by atoms with Gasteiger partial charge in [-0.25, -0.2) is 0 Å². The number of hydrogen-bond acceptors (Lipinski definition) is 4. The lowest BCUT2D eigenvalue weighted by atomic mass is 10.2. The van der Waals surface area contributed by atoms with Crippen molar-refractivity contribution in [2.45, 2.75) is 18.9 Å². The molecule has 1 aliphatic carbocycles. The van der Waals surface area contributed by atoms with Crippen molar-refractivity contribution in [3.8, 4) is 5.75 Å². The third kappa shape index (κ3) is 3.79. The number of ether oxygens (including phenoxy) is 1. The number of thiocarbonyl (C=S) groups is 1. The van der Waals surface area contributed by atoms with Gasteiger partial charge < -0.3 is 10.5 Å². The molecule has 8 heteroatoms. The SMILES string of the molecule is COc1cc(C(N)=S)ccc1NS(=O)(=O)NC1CC1. The fourth-order valence-electron chi connectivity index (χ4n) is 1.52. The van der Waals surface area contributed by atoms with Crippen molar-refractivity contribution >= 4 is 33.1 Å². The second-order valence-corrected chi connectivity index (χ2v) is 6.16. The zero-order valence-electron chi connectivity index (χ0n) is 10.3. The van der Waals surface area contributed by atoms with Crippen LogP contribution in [0.1, 0.15) is 18.4 Å². The van der Waals surface area contributed by atoms with Gasteiger partial charge in [0.15, 0.2) is 0 Å². The predicted octanol–water partition coefficient (Wildman–Crippen LogP) is 0.738. The van der Waals surface area contributed by atoms with E-state index in [0.29, 0.717) is 17.0 Å². The molecular formula is C11H15N3O3S2. The molecule has 0 aromatic heterocycles. The number of benzene rings is 1. The molecule has 1 saturated carbocycles. The minimum absolute atomic E-state index is 0.0411. The van der Waals surface area contributed by atoms with Crippen LogP contribution in [-0.2, 0) is 10.2 Å². The molecule has 0 heterocycles. The molecule has 19 heavy (non-hydrogen) atoms. The van der Waals surface area contributed by atoms with Gasteiger partial charge in [0, 0.05) is 11.6 Å². The lowest BCUT2D eigenvalue weighted by molar-refractivity contribution is 0.416. The molecule has 0 aliphatic heterocycles. The summed E-state index contributed by atoms with van der Waals surface area (Å²) in [7, 11) is -2.13. The molecule has 0 radical (unpaired) electrons. The molecule has 0 bridgehead atoms. The van der Waals surface area contributed by atoms with E-state index in [9.17, 15) is 8.42 Å². The maximum absolute atomic E-state index is 11.8. The highest BCUT2D eigenvalue weighted by Crippen LogP contribution is 2.27. The molecule has 2 rings (SSSR count). The summed E-state index contributed by atoms with van der Waals surface area (Å²) in [6, 6.07) is 4.84. The second-order valence-electron chi connectivity index (χ2n) is 4.28. The Labute approximate surface area is 117 Å². The molecule has 4 N–H and O–H groups in total. The number of anilines is 1. The third-order valence-corrected chi connectivity index (χ3v) is 4.00. The van der Waals surface area contributed by atoms with Crippen LogP contribution in [0.2, 0.25) is 0 Å². The number of methoxy groups -OCH3 is 1. The molecule has 1 aromatic carbocycles. The first-order valence-corrected chi connectivity index (χ1v) is 7.58. The van der Waals surface area contributed by atoms with Crippen LogP contribution in [0, 0.1) is 0 Å². The molecule has 1 aromatic rings. The summed E-state index contributed by atoms with van der Waals surface area (Å²) in [6.07, 6.45) is 1.75. The van der Waals surface area contributed by atoms with Crippen LogP contribution in [0.3, 0.4) is 0 Å². The summed E-state index contributed by atoms with van der Waals surface area (Å²) >= 11 is 4.86. The summed E-state index contributed by atoms with van der Waals surface area (Å²) in [5.41, 5.74) is 6.47. The van der Waals surface area contributed by atoms with Crippen molar-refractivity contribution in [1.82, 2.24) is 4.72 Å². The minimum atomic E-state index is -3.58. The van der Waals surface area contributed by atoms with E-state index in [-0.39, 0.29) is 11.0 Å². The molecule has 1 aliphatic rings. The van der Waals surface area contributed by atoms with E-state index in [1.54, 1.807) is 18.2 Å². The zero-order valence-corrected chi connectivity index (χ0v) is 12.0. The van der Waals surface area contributed by atoms with Gasteiger partial charge in [0.1, 0.15) is 10.7 Å². The Bertz CT molecular complexity index is 597. The van der Waals surface area contributed by atoms with E-state index >= 15 is 0 Å². The number of rotatable bonds is 6. The average molecular weight is 301 g/mol. The summed E-state index contributed by atoms with van der Waals surface area (Å²) in [6.45, 7) is 0. The number of nitrogens with one attached hydrogen (secondary N) is 2. The minimum Gasteiger partial charge on any atom is -0.495 e. The molecule has 0 spiro atoms. The van der Waals surface area contributed by atoms with Gasteiger partial charge in [0.2, 0.25) is 0 Å².